The second-order valence-electron chi connectivity index (χ2n) is 12.1. The summed E-state index contributed by atoms with van der Waals surface area (Å²) in [5.41, 5.74) is 3.76. The number of nitrogens with one attached hydrogen (secondary N) is 2. The molecule has 2 aliphatic rings. The zero-order valence-electron chi connectivity index (χ0n) is 27.0. The van der Waals surface area contributed by atoms with Gasteiger partial charge in [0.05, 0.1) is 12.8 Å². The normalized spacial score (nSPS) is 16.9. The van der Waals surface area contributed by atoms with Crippen molar-refractivity contribution in [3.05, 3.63) is 132 Å². The third-order valence-corrected chi connectivity index (χ3v) is 8.59. The molecule has 0 aliphatic carbocycles. The van der Waals surface area contributed by atoms with E-state index in [0.717, 1.165) is 17.5 Å². The van der Waals surface area contributed by atoms with E-state index in [9.17, 15) is 19.2 Å². The van der Waals surface area contributed by atoms with E-state index in [0.29, 0.717) is 54.3 Å². The molecular formula is C39H36N6O4. The smallest absolute Gasteiger partial charge is 0.252 e. The van der Waals surface area contributed by atoms with Crippen molar-refractivity contribution in [1.82, 2.24) is 19.8 Å². The summed E-state index contributed by atoms with van der Waals surface area (Å²) in [6.07, 6.45) is 5.54. The molecular weight excluding hydrogens is 616 g/mol. The number of hydrogen-bond acceptors (Lipinski definition) is 6. The molecule has 2 aromatic heterocycles. The molecule has 2 unspecified atom stereocenters. The average Bonchev–Trinajstić information content (AvgIpc) is 3.77. The molecule has 10 nitrogen and oxygen atoms in total. The molecule has 6 rings (SSSR count). The van der Waals surface area contributed by atoms with Crippen LogP contribution in [0, 0.1) is 11.8 Å². The first-order valence-corrected chi connectivity index (χ1v) is 16.2. The van der Waals surface area contributed by atoms with Crippen LogP contribution in [0.4, 0.5) is 11.6 Å². The number of anilines is 2. The fraction of sp³-hybridized carbons (Fsp3) is 0.231. The van der Waals surface area contributed by atoms with Crippen molar-refractivity contribution >= 4 is 35.3 Å². The van der Waals surface area contributed by atoms with Crippen LogP contribution < -0.4 is 10.6 Å². The van der Waals surface area contributed by atoms with Crippen LogP contribution in [0.1, 0.15) is 41.5 Å². The summed E-state index contributed by atoms with van der Waals surface area (Å²) in [7, 11) is 0. The lowest BCUT2D eigenvalue weighted by Crippen LogP contribution is -2.44. The van der Waals surface area contributed by atoms with Crippen molar-refractivity contribution in [3.8, 4) is 11.8 Å². The maximum Gasteiger partial charge on any atom is 0.252 e. The highest BCUT2D eigenvalue weighted by Crippen LogP contribution is 2.25. The topological polar surface area (TPSA) is 125 Å². The van der Waals surface area contributed by atoms with Gasteiger partial charge in [0.2, 0.25) is 17.7 Å². The van der Waals surface area contributed by atoms with E-state index in [-0.39, 0.29) is 36.5 Å². The minimum Gasteiger partial charge on any atom is -0.330 e. The van der Waals surface area contributed by atoms with Gasteiger partial charge in [0.25, 0.3) is 5.91 Å². The number of pyridine rings is 2. The summed E-state index contributed by atoms with van der Waals surface area (Å²) in [5, 5.41) is 5.64. The molecule has 10 heteroatoms. The minimum atomic E-state index is -0.753. The third-order valence-electron chi connectivity index (χ3n) is 8.59. The van der Waals surface area contributed by atoms with Gasteiger partial charge in [-0.1, -0.05) is 79.1 Å². The predicted octanol–water partition coefficient (Wildman–Crippen LogP) is 4.39. The lowest BCUT2D eigenvalue weighted by Gasteiger charge is -2.24. The predicted molar refractivity (Wildman–Crippen MR) is 186 cm³/mol. The summed E-state index contributed by atoms with van der Waals surface area (Å²) in [5.74, 6) is 5.98. The summed E-state index contributed by atoms with van der Waals surface area (Å²) in [4.78, 5) is 64.0. The van der Waals surface area contributed by atoms with Crippen molar-refractivity contribution in [3.63, 3.8) is 0 Å². The zero-order chi connectivity index (χ0) is 34.2. The van der Waals surface area contributed by atoms with Crippen molar-refractivity contribution in [1.29, 1.82) is 0 Å². The highest BCUT2D eigenvalue weighted by molar-refractivity contribution is 5.99. The number of benzene rings is 2. The monoisotopic (exact) mass is 652 g/mol. The molecule has 2 N–H and O–H groups in total. The first-order valence-electron chi connectivity index (χ1n) is 16.2. The Morgan fingerprint density at radius 2 is 1.22 bits per heavy atom. The van der Waals surface area contributed by atoms with Crippen LogP contribution >= 0.6 is 0 Å². The Hall–Kier alpha value is -6.08. The minimum absolute atomic E-state index is 0.0651. The van der Waals surface area contributed by atoms with E-state index in [1.54, 1.807) is 46.5 Å². The molecule has 4 heterocycles. The van der Waals surface area contributed by atoms with Crippen LogP contribution in [0.2, 0.25) is 0 Å². The molecule has 4 aromatic rings. The fourth-order valence-electron chi connectivity index (χ4n) is 6.06. The molecule has 2 saturated heterocycles. The van der Waals surface area contributed by atoms with E-state index < -0.39 is 12.1 Å². The number of carbonyl (C=O) groups is 4. The standard InChI is InChI=1S/C39H36N6O4/c1-27-20-22-45(36(47)24-29-11-6-3-7-12-29)37(27)39(49)43-34-19-17-31(26-41-34)15-14-30-16-18-33(40-25-30)42-38(48)32-13-8-21-44(32)35(46)23-28-9-4-2-5-10-28/h2-7,9-12,16-19,25-26,32,37H,1,8,13,20-24H2,(H,40,42,48)(H,41,43,49). The Bertz CT molecular complexity index is 1900. The van der Waals surface area contributed by atoms with Gasteiger partial charge in [-0.25, -0.2) is 9.97 Å². The number of carbonyl (C=O) groups excluding carboxylic acids is 4. The average molecular weight is 653 g/mol. The summed E-state index contributed by atoms with van der Waals surface area (Å²) < 4.78 is 0. The van der Waals surface area contributed by atoms with Crippen molar-refractivity contribution in [2.45, 2.75) is 44.2 Å². The van der Waals surface area contributed by atoms with E-state index in [1.807, 2.05) is 60.7 Å². The van der Waals surface area contributed by atoms with Crippen LogP contribution in [0.15, 0.2) is 109 Å². The van der Waals surface area contributed by atoms with Gasteiger partial charge in [-0.3, -0.25) is 19.2 Å². The number of hydrogen-bond donors (Lipinski definition) is 2. The molecule has 0 bridgehead atoms. The van der Waals surface area contributed by atoms with E-state index in [1.165, 1.54) is 0 Å². The molecule has 49 heavy (non-hydrogen) atoms. The van der Waals surface area contributed by atoms with Crippen LogP contribution in [0.3, 0.4) is 0 Å². The van der Waals surface area contributed by atoms with E-state index in [2.05, 4.69) is 39.0 Å². The van der Waals surface area contributed by atoms with Crippen molar-refractivity contribution < 1.29 is 19.2 Å². The van der Waals surface area contributed by atoms with Gasteiger partial charge < -0.3 is 20.4 Å². The second kappa shape index (κ2) is 15.2. The van der Waals surface area contributed by atoms with Gasteiger partial charge >= 0.3 is 0 Å². The molecule has 2 aliphatic heterocycles. The fourth-order valence-corrected chi connectivity index (χ4v) is 6.06. The molecule has 2 fully saturated rings. The lowest BCUT2D eigenvalue weighted by molar-refractivity contribution is -0.136. The summed E-state index contributed by atoms with van der Waals surface area (Å²) in [6, 6.07) is 24.5. The highest BCUT2D eigenvalue weighted by Gasteiger charge is 2.37. The number of amides is 4. The summed E-state index contributed by atoms with van der Waals surface area (Å²) in [6.45, 7) is 5.03. The third kappa shape index (κ3) is 8.26. The van der Waals surface area contributed by atoms with Crippen LogP contribution in [0.5, 0.6) is 0 Å². The Balaban J connectivity index is 1.01. The largest absolute Gasteiger partial charge is 0.330 e. The Kier molecular flexibility index (Phi) is 10.2. The number of likely N-dealkylation sites (tertiary alicyclic amines) is 2. The van der Waals surface area contributed by atoms with Crippen molar-refractivity contribution in [2.24, 2.45) is 0 Å². The van der Waals surface area contributed by atoms with Gasteiger partial charge in [0.1, 0.15) is 23.7 Å². The van der Waals surface area contributed by atoms with Gasteiger partial charge in [0.15, 0.2) is 0 Å². The highest BCUT2D eigenvalue weighted by atomic mass is 16.2. The Labute approximate surface area is 285 Å². The lowest BCUT2D eigenvalue weighted by atomic mass is 10.1. The van der Waals surface area contributed by atoms with Gasteiger partial charge in [-0.2, -0.15) is 0 Å². The van der Waals surface area contributed by atoms with Crippen LogP contribution in [-0.4, -0.2) is 68.6 Å². The SMILES string of the molecule is C=C1CCN(C(=O)Cc2ccccc2)C1C(=O)Nc1ccc(C#Cc2ccc(NC(=O)C3CCCN3C(=O)Cc3ccccc3)nc2)cn1. The first-order chi connectivity index (χ1) is 23.8. The van der Waals surface area contributed by atoms with Crippen LogP contribution in [0.25, 0.3) is 0 Å². The van der Waals surface area contributed by atoms with E-state index >= 15 is 0 Å². The molecule has 4 amide bonds. The maximum atomic E-state index is 13.2. The molecule has 246 valence electrons. The van der Waals surface area contributed by atoms with Gasteiger partial charge in [0, 0.05) is 36.6 Å². The molecule has 0 saturated carbocycles. The molecule has 0 radical (unpaired) electrons. The number of rotatable bonds is 8. The summed E-state index contributed by atoms with van der Waals surface area (Å²) >= 11 is 0. The maximum absolute atomic E-state index is 13.2. The zero-order valence-corrected chi connectivity index (χ0v) is 27.0. The van der Waals surface area contributed by atoms with Crippen molar-refractivity contribution in [2.75, 3.05) is 23.7 Å². The van der Waals surface area contributed by atoms with Gasteiger partial charge in [-0.05, 0) is 60.2 Å². The number of nitrogens with zero attached hydrogens (tertiary/aromatic N) is 4. The first kappa shape index (κ1) is 32.8. The Morgan fingerprint density at radius 1 is 0.694 bits per heavy atom. The van der Waals surface area contributed by atoms with E-state index in [4.69, 9.17) is 0 Å². The number of aromatic nitrogens is 2. The second-order valence-corrected chi connectivity index (χ2v) is 12.1. The quantitative estimate of drug-likeness (QED) is 0.215. The Morgan fingerprint density at radius 3 is 1.76 bits per heavy atom. The van der Waals surface area contributed by atoms with Gasteiger partial charge in [-0.15, -0.1) is 0 Å². The molecule has 2 aromatic carbocycles. The molecule has 0 spiro atoms. The van der Waals surface area contributed by atoms with Crippen LogP contribution in [-0.2, 0) is 32.0 Å². The molecule has 2 atom stereocenters.